The van der Waals surface area contributed by atoms with E-state index < -0.39 is 168 Å². The molecule has 0 radical (unpaired) electrons. The summed E-state index contributed by atoms with van der Waals surface area (Å²) in [5.41, 5.74) is 2.09. The summed E-state index contributed by atoms with van der Waals surface area (Å²) in [6.07, 6.45) is -0.0798. The standard InChI is InChI=1S/C75H89N15O20S/c1-10-29-76-72(104)78-46-19-16-21-48(32-46)111(107,108)84-47-20-15-18-43(31-47)55(34-63(95)96)82-73(105)77-44-25-27-45(28-26-44)79-74(106)88(9)40-62(94)87(8)39-61(93)86(7)38-60(92)85(6)37-59(91)80-56(35-64(97)98)69(101)89-30-17-24-57(89)67(99)83-65(42(4)5)70(102)110-75(12-3)53-33-58-66-51(36-90(58)68(100)52(53)41-109-71(75)103)49(11-2)50-22-13-14-23-54(50)81-66/h13-16,18-23,25-28,31-33,42,55-57,65,84H,10-12,17,24,29-30,34-41H2,1-9H3,(H,79,106)(H,80,91)(H,83,99)(H,95,96)(H,97,98)(H2,76,78,104)(H2,77,82,105)/t55-,56+,57+,65+,75+/m1/s1. The van der Waals surface area contributed by atoms with Crippen LogP contribution in [0.3, 0.4) is 0 Å². The normalized spacial score (nSPS) is 15.5. The molecule has 2 aromatic heterocycles. The van der Waals surface area contributed by atoms with Crippen LogP contribution in [0.5, 0.6) is 0 Å². The first kappa shape index (κ1) is 82.6. The van der Waals surface area contributed by atoms with E-state index in [0.29, 0.717) is 36.3 Å². The number of likely N-dealkylation sites (N-methyl/N-ethyl adjacent to an activating group) is 4. The van der Waals surface area contributed by atoms with E-state index in [9.17, 15) is 85.8 Å². The molecule has 1 saturated heterocycles. The number of rotatable bonds is 31. The third kappa shape index (κ3) is 19.7. The van der Waals surface area contributed by atoms with Crippen molar-refractivity contribution in [3.8, 4) is 11.4 Å². The highest BCUT2D eigenvalue weighted by atomic mass is 32.2. The summed E-state index contributed by atoms with van der Waals surface area (Å²) in [6, 6.07) is 18.4. The summed E-state index contributed by atoms with van der Waals surface area (Å²) >= 11 is 0. The summed E-state index contributed by atoms with van der Waals surface area (Å²) < 4.78 is 42.5. The number of likely N-dealkylation sites (tertiary alicyclic amines) is 1. The van der Waals surface area contributed by atoms with Gasteiger partial charge in [0.1, 0.15) is 31.3 Å². The predicted molar refractivity (Wildman–Crippen MR) is 403 cm³/mol. The minimum atomic E-state index is -4.23. The van der Waals surface area contributed by atoms with E-state index in [1.54, 1.807) is 31.4 Å². The highest BCUT2D eigenvalue weighted by molar-refractivity contribution is 7.92. The van der Waals surface area contributed by atoms with E-state index in [1.807, 2.05) is 38.1 Å². The van der Waals surface area contributed by atoms with Crippen molar-refractivity contribution in [2.75, 3.05) is 88.1 Å². The molecule has 4 aromatic carbocycles. The molecule has 3 aliphatic heterocycles. The average molecular weight is 1550 g/mol. The van der Waals surface area contributed by atoms with Gasteiger partial charge < -0.3 is 86.0 Å². The number of esters is 2. The molecular formula is C75H89N15O20S. The molecule has 0 aliphatic carbocycles. The molecular weight excluding hydrogens is 1460 g/mol. The van der Waals surface area contributed by atoms with Crippen LogP contribution in [0, 0.1) is 5.92 Å². The Morgan fingerprint density at radius 3 is 1.95 bits per heavy atom. The van der Waals surface area contributed by atoms with Gasteiger partial charge in [-0.05, 0) is 116 Å². The van der Waals surface area contributed by atoms with Gasteiger partial charge in [-0.1, -0.05) is 71.0 Å². The quantitative estimate of drug-likeness (QED) is 0.0268. The lowest BCUT2D eigenvalue weighted by Crippen LogP contribution is -2.58. The number of aryl methyl sites for hydroxylation is 1. The van der Waals surface area contributed by atoms with Gasteiger partial charge in [-0.2, -0.15) is 0 Å². The fourth-order valence-electron chi connectivity index (χ4n) is 13.1. The summed E-state index contributed by atoms with van der Waals surface area (Å²) in [7, 11) is 0.820. The summed E-state index contributed by atoms with van der Waals surface area (Å²) in [6.45, 7) is 6.41. The van der Waals surface area contributed by atoms with Crippen LogP contribution < -0.4 is 47.5 Å². The summed E-state index contributed by atoms with van der Waals surface area (Å²) in [5, 5.41) is 38.6. The van der Waals surface area contributed by atoms with Crippen molar-refractivity contribution < 1.29 is 90.4 Å². The van der Waals surface area contributed by atoms with Crippen LogP contribution in [-0.2, 0) is 92.6 Å². The number of hydrogen-bond donors (Lipinski definition) is 10. The second-order valence-electron chi connectivity index (χ2n) is 27.4. The first-order chi connectivity index (χ1) is 52.6. The van der Waals surface area contributed by atoms with Crippen molar-refractivity contribution in [2.24, 2.45) is 5.92 Å². The van der Waals surface area contributed by atoms with E-state index >= 15 is 0 Å². The van der Waals surface area contributed by atoms with Crippen molar-refractivity contribution in [2.45, 2.75) is 127 Å². The molecule has 111 heavy (non-hydrogen) atoms. The molecule has 0 spiro atoms. The molecule has 5 heterocycles. The Balaban J connectivity index is 0.725. The molecule has 12 amide bonds. The number of carboxylic acids is 2. The lowest BCUT2D eigenvalue weighted by Gasteiger charge is -2.37. The van der Waals surface area contributed by atoms with Crippen molar-refractivity contribution in [1.29, 1.82) is 0 Å². The summed E-state index contributed by atoms with van der Waals surface area (Å²) in [4.78, 5) is 198. The average Bonchev–Trinajstić information content (AvgIpc) is 1.62. The molecule has 5 atom stereocenters. The van der Waals surface area contributed by atoms with Crippen molar-refractivity contribution >= 4 is 121 Å². The number of amides is 12. The largest absolute Gasteiger partial charge is 0.481 e. The number of cyclic esters (lactones) is 1. The Labute approximate surface area is 638 Å². The molecule has 0 bridgehead atoms. The number of anilines is 4. The number of ether oxygens (including phenoxy) is 2. The highest BCUT2D eigenvalue weighted by Crippen LogP contribution is 2.43. The molecule has 590 valence electrons. The van der Waals surface area contributed by atoms with Crippen molar-refractivity contribution in [3.63, 3.8) is 0 Å². The smallest absolute Gasteiger partial charge is 0.355 e. The minimum Gasteiger partial charge on any atom is -0.481 e. The maximum absolute atomic E-state index is 14.5. The number of nitrogens with one attached hydrogen (secondary N) is 8. The number of aliphatic carboxylic acids is 2. The topological polar surface area (TPSA) is 462 Å². The van der Waals surface area contributed by atoms with Crippen LogP contribution in [0.2, 0.25) is 0 Å². The first-order valence-electron chi connectivity index (χ1n) is 35.8. The van der Waals surface area contributed by atoms with Gasteiger partial charge in [0.05, 0.1) is 72.4 Å². The van der Waals surface area contributed by atoms with Crippen LogP contribution in [-0.4, -0.2) is 216 Å². The number of nitrogens with zero attached hydrogens (tertiary/aromatic N) is 7. The second-order valence-corrected chi connectivity index (χ2v) is 29.1. The van der Waals surface area contributed by atoms with Crippen molar-refractivity contribution in [3.05, 3.63) is 141 Å². The summed E-state index contributed by atoms with van der Waals surface area (Å²) in [5.74, 6) is -10.5. The molecule has 1 fully saturated rings. The van der Waals surface area contributed by atoms with E-state index in [4.69, 9.17) is 14.5 Å². The third-order valence-electron chi connectivity index (χ3n) is 19.1. The molecule has 3 aliphatic rings. The Kier molecular flexibility index (Phi) is 26.5. The van der Waals surface area contributed by atoms with Gasteiger partial charge in [-0.15, -0.1) is 0 Å². The van der Waals surface area contributed by atoms with Gasteiger partial charge in [-0.25, -0.2) is 37.4 Å². The number of hydrogen-bond acceptors (Lipinski definition) is 19. The van der Waals surface area contributed by atoms with Crippen LogP contribution in [0.4, 0.5) is 37.1 Å². The Morgan fingerprint density at radius 1 is 0.685 bits per heavy atom. The van der Waals surface area contributed by atoms with Crippen molar-refractivity contribution in [1.82, 2.24) is 55.3 Å². The molecule has 36 heteroatoms. The first-order valence-corrected chi connectivity index (χ1v) is 37.3. The van der Waals surface area contributed by atoms with Gasteiger partial charge in [-0.3, -0.25) is 47.9 Å². The number of fused-ring (bicyclic) bond motifs is 5. The van der Waals surface area contributed by atoms with Crippen LogP contribution in [0.15, 0.2) is 113 Å². The Morgan fingerprint density at radius 2 is 1.31 bits per heavy atom. The Bertz CT molecular complexity index is 4840. The van der Waals surface area contributed by atoms with E-state index in [1.165, 1.54) is 101 Å². The maximum Gasteiger partial charge on any atom is 0.355 e. The zero-order chi connectivity index (χ0) is 80.9. The fourth-order valence-corrected chi connectivity index (χ4v) is 14.2. The number of urea groups is 3. The van der Waals surface area contributed by atoms with Crippen LogP contribution in [0.25, 0.3) is 22.3 Å². The molecule has 0 saturated carbocycles. The number of carbonyl (C=O) groups is 13. The second kappa shape index (κ2) is 35.7. The fraction of sp³-hybridized carbons (Fsp3) is 0.400. The minimum absolute atomic E-state index is 0.0436. The highest BCUT2D eigenvalue weighted by Gasteiger charge is 2.52. The third-order valence-corrected chi connectivity index (χ3v) is 20.4. The lowest BCUT2D eigenvalue weighted by molar-refractivity contribution is -0.191. The predicted octanol–water partition coefficient (Wildman–Crippen LogP) is 4.49. The van der Waals surface area contributed by atoms with E-state index in [0.717, 1.165) is 41.0 Å². The van der Waals surface area contributed by atoms with E-state index in [-0.39, 0.29) is 83.3 Å². The number of benzene rings is 4. The van der Waals surface area contributed by atoms with E-state index in [2.05, 4.69) is 41.9 Å². The SMILES string of the molecule is CCCNC(=O)Nc1cccc(S(=O)(=O)Nc2cccc([C@@H](CC(=O)O)NC(=O)Nc3ccc(NC(=O)N(C)CC(=O)N(C)CC(=O)N(C)CC(=O)N(C)CC(=O)N[C@@H](CC(=O)O)C(=O)N4CCC[C@H]4C(=O)N[C@H](C(=O)O[C@]4(CC)C(=O)OCc5c4cc4n(c5=O)Cc5c-4nc4ccccc4c5CC)C(C)C)cc3)c2)c1. The number of carbonyl (C=O) groups excluding carboxylic acids is 11. The lowest BCUT2D eigenvalue weighted by atomic mass is 9.85. The van der Waals surface area contributed by atoms with Gasteiger partial charge in [0, 0.05) is 80.5 Å². The number of pyridine rings is 2. The maximum atomic E-state index is 14.5. The zero-order valence-corrected chi connectivity index (χ0v) is 63.4. The number of aromatic nitrogens is 2. The van der Waals surface area contributed by atoms with Crippen LogP contribution >= 0.6 is 0 Å². The van der Waals surface area contributed by atoms with Gasteiger partial charge in [0.15, 0.2) is 0 Å². The number of para-hydroxylation sites is 1. The van der Waals surface area contributed by atoms with Gasteiger partial charge >= 0.3 is 42.0 Å². The molecule has 6 aromatic rings. The molecule has 10 N–H and O–H groups in total. The monoisotopic (exact) mass is 1550 g/mol. The van der Waals surface area contributed by atoms with Gasteiger partial charge in [0.2, 0.25) is 41.0 Å². The number of carboxylic acid groups (broad SMARTS) is 2. The Hall–Kier alpha value is -12.5. The molecule has 0 unspecified atom stereocenters. The van der Waals surface area contributed by atoms with Gasteiger partial charge in [0.25, 0.3) is 15.6 Å². The number of sulfonamides is 1. The zero-order valence-electron chi connectivity index (χ0n) is 62.6. The van der Waals surface area contributed by atoms with Crippen LogP contribution in [0.1, 0.15) is 107 Å². The molecule has 9 rings (SSSR count). The molecule has 35 nitrogen and oxygen atoms in total.